The van der Waals surface area contributed by atoms with Gasteiger partial charge in [-0.15, -0.1) is 0 Å². The van der Waals surface area contributed by atoms with Gasteiger partial charge in [-0.05, 0) is 54.4 Å². The fourth-order valence-electron chi connectivity index (χ4n) is 3.43. The van der Waals surface area contributed by atoms with Crippen molar-refractivity contribution in [3.8, 4) is 11.5 Å². The molecule has 0 aliphatic carbocycles. The van der Waals surface area contributed by atoms with Crippen LogP contribution in [-0.4, -0.2) is 25.0 Å². The van der Waals surface area contributed by atoms with Crippen LogP contribution in [-0.2, 0) is 16.1 Å². The van der Waals surface area contributed by atoms with Crippen molar-refractivity contribution in [2.75, 3.05) is 23.4 Å². The number of fused-ring (bicyclic) bond motifs is 1. The summed E-state index contributed by atoms with van der Waals surface area (Å²) in [6, 6.07) is 22.2. The molecule has 0 fully saturated rings. The molecule has 7 heteroatoms. The minimum absolute atomic E-state index is 0.0271. The third-order valence-corrected chi connectivity index (χ3v) is 5.21. The van der Waals surface area contributed by atoms with Crippen molar-refractivity contribution >= 4 is 34.8 Å². The molecule has 6 nitrogen and oxygen atoms in total. The van der Waals surface area contributed by atoms with Crippen LogP contribution in [0.2, 0.25) is 5.02 Å². The first-order valence-electron chi connectivity index (χ1n) is 10.4. The normalized spacial score (nSPS) is 12.7. The molecule has 0 atom stereocenters. The smallest absolute Gasteiger partial charge is 0.265 e. The molecule has 3 aromatic rings. The Balaban J connectivity index is 1.37. The van der Waals surface area contributed by atoms with Crippen molar-refractivity contribution < 1.29 is 19.1 Å². The van der Waals surface area contributed by atoms with Gasteiger partial charge < -0.3 is 19.7 Å². The van der Waals surface area contributed by atoms with E-state index in [1.54, 1.807) is 29.2 Å². The Kier molecular flexibility index (Phi) is 6.92. The van der Waals surface area contributed by atoms with Gasteiger partial charge in [-0.25, -0.2) is 0 Å². The van der Waals surface area contributed by atoms with E-state index in [4.69, 9.17) is 21.1 Å². The van der Waals surface area contributed by atoms with Crippen LogP contribution in [0, 0.1) is 0 Å². The molecule has 32 heavy (non-hydrogen) atoms. The Morgan fingerprint density at radius 2 is 1.91 bits per heavy atom. The predicted octanol–water partition coefficient (Wildman–Crippen LogP) is 5.06. The second-order valence-electron chi connectivity index (χ2n) is 7.39. The Bertz CT molecular complexity index is 1100. The Morgan fingerprint density at radius 3 is 2.72 bits per heavy atom. The molecule has 2 amide bonds. The summed E-state index contributed by atoms with van der Waals surface area (Å²) >= 11 is 6.08. The van der Waals surface area contributed by atoms with E-state index < -0.39 is 0 Å². The number of benzene rings is 3. The fourth-order valence-corrected chi connectivity index (χ4v) is 3.65. The molecule has 1 aliphatic heterocycles. The van der Waals surface area contributed by atoms with Crippen LogP contribution < -0.4 is 19.7 Å². The number of anilines is 2. The molecule has 0 unspecified atom stereocenters. The molecule has 0 radical (unpaired) electrons. The SMILES string of the molecule is O=C(CCCOc1ccccc1)Nc1ccc2c(c1)N(Cc1cccc(Cl)c1)C(=O)CO2. The van der Waals surface area contributed by atoms with Crippen LogP contribution in [0.25, 0.3) is 0 Å². The number of hydrogen-bond acceptors (Lipinski definition) is 4. The summed E-state index contributed by atoms with van der Waals surface area (Å²) in [7, 11) is 0. The summed E-state index contributed by atoms with van der Waals surface area (Å²) in [5.74, 6) is 1.11. The van der Waals surface area contributed by atoms with Crippen molar-refractivity contribution in [2.45, 2.75) is 19.4 Å². The van der Waals surface area contributed by atoms with E-state index in [0.717, 1.165) is 11.3 Å². The summed E-state index contributed by atoms with van der Waals surface area (Å²) in [6.45, 7) is 0.794. The molecular weight excluding hydrogens is 428 g/mol. The van der Waals surface area contributed by atoms with Gasteiger partial charge in [-0.2, -0.15) is 0 Å². The maximum absolute atomic E-state index is 12.5. The van der Waals surface area contributed by atoms with Crippen molar-refractivity contribution in [2.24, 2.45) is 0 Å². The second-order valence-corrected chi connectivity index (χ2v) is 7.83. The molecular formula is C25H23ClN2O4. The van der Waals surface area contributed by atoms with Crippen molar-refractivity contribution in [1.82, 2.24) is 0 Å². The lowest BCUT2D eigenvalue weighted by Gasteiger charge is -2.30. The van der Waals surface area contributed by atoms with Crippen LogP contribution in [0.5, 0.6) is 11.5 Å². The van der Waals surface area contributed by atoms with E-state index in [1.807, 2.05) is 48.5 Å². The summed E-state index contributed by atoms with van der Waals surface area (Å²) in [5, 5.41) is 3.50. The van der Waals surface area contributed by atoms with Gasteiger partial charge in [0.05, 0.1) is 18.8 Å². The molecule has 0 saturated heterocycles. The van der Waals surface area contributed by atoms with Crippen LogP contribution in [0.1, 0.15) is 18.4 Å². The van der Waals surface area contributed by atoms with Gasteiger partial charge in [-0.1, -0.05) is 41.9 Å². The zero-order valence-electron chi connectivity index (χ0n) is 17.4. The standard InChI is InChI=1S/C25H23ClN2O4/c26-19-7-4-6-18(14-19)16-28-22-15-20(11-12-23(22)32-17-25(28)30)27-24(29)10-5-13-31-21-8-2-1-3-9-21/h1-4,6-9,11-12,14-15H,5,10,13,16-17H2,(H,27,29). The van der Waals surface area contributed by atoms with Crippen LogP contribution in [0.15, 0.2) is 72.8 Å². The Hall–Kier alpha value is -3.51. The third kappa shape index (κ3) is 5.59. The average molecular weight is 451 g/mol. The molecule has 4 rings (SSSR count). The first kappa shape index (κ1) is 21.7. The van der Waals surface area contributed by atoms with E-state index in [1.165, 1.54) is 0 Å². The highest BCUT2D eigenvalue weighted by molar-refractivity contribution is 6.30. The average Bonchev–Trinajstić information content (AvgIpc) is 2.79. The lowest BCUT2D eigenvalue weighted by atomic mass is 10.1. The van der Waals surface area contributed by atoms with E-state index in [-0.39, 0.29) is 18.4 Å². The molecule has 0 spiro atoms. The van der Waals surface area contributed by atoms with E-state index in [0.29, 0.717) is 48.1 Å². The molecule has 164 valence electrons. The molecule has 1 heterocycles. The van der Waals surface area contributed by atoms with Crippen molar-refractivity contribution in [3.63, 3.8) is 0 Å². The number of nitrogens with zero attached hydrogens (tertiary/aromatic N) is 1. The molecule has 0 saturated carbocycles. The van der Waals surface area contributed by atoms with Gasteiger partial charge in [-0.3, -0.25) is 9.59 Å². The second kappa shape index (κ2) is 10.2. The van der Waals surface area contributed by atoms with E-state index in [9.17, 15) is 9.59 Å². The minimum atomic E-state index is -0.154. The number of rotatable bonds is 8. The lowest BCUT2D eigenvalue weighted by Crippen LogP contribution is -2.38. The van der Waals surface area contributed by atoms with E-state index >= 15 is 0 Å². The number of ether oxygens (including phenoxy) is 2. The highest BCUT2D eigenvalue weighted by Gasteiger charge is 2.26. The lowest BCUT2D eigenvalue weighted by molar-refractivity contribution is -0.121. The van der Waals surface area contributed by atoms with Crippen LogP contribution in [0.3, 0.4) is 0 Å². The highest BCUT2D eigenvalue weighted by atomic mass is 35.5. The first-order valence-corrected chi connectivity index (χ1v) is 10.8. The summed E-state index contributed by atoms with van der Waals surface area (Å²) in [4.78, 5) is 26.6. The maximum atomic E-state index is 12.5. The summed E-state index contributed by atoms with van der Waals surface area (Å²) < 4.78 is 11.2. The topological polar surface area (TPSA) is 67.9 Å². The van der Waals surface area contributed by atoms with Gasteiger partial charge >= 0.3 is 0 Å². The van der Waals surface area contributed by atoms with Crippen LogP contribution in [0.4, 0.5) is 11.4 Å². The third-order valence-electron chi connectivity index (χ3n) is 4.98. The largest absolute Gasteiger partial charge is 0.494 e. The first-order chi connectivity index (χ1) is 15.6. The fraction of sp³-hybridized carbons (Fsp3) is 0.200. The molecule has 3 aromatic carbocycles. The van der Waals surface area contributed by atoms with Gasteiger partial charge in [0, 0.05) is 17.1 Å². The molecule has 0 bridgehead atoms. The summed E-state index contributed by atoms with van der Waals surface area (Å²) in [6.07, 6.45) is 0.916. The van der Waals surface area contributed by atoms with Gasteiger partial charge in [0.1, 0.15) is 11.5 Å². The molecule has 0 aromatic heterocycles. The van der Waals surface area contributed by atoms with Crippen molar-refractivity contribution in [3.05, 3.63) is 83.4 Å². The Morgan fingerprint density at radius 1 is 1.06 bits per heavy atom. The minimum Gasteiger partial charge on any atom is -0.494 e. The maximum Gasteiger partial charge on any atom is 0.265 e. The molecule has 1 aliphatic rings. The highest BCUT2D eigenvalue weighted by Crippen LogP contribution is 2.35. The monoisotopic (exact) mass is 450 g/mol. The number of para-hydroxylation sites is 1. The van der Waals surface area contributed by atoms with E-state index in [2.05, 4.69) is 5.32 Å². The summed E-state index contributed by atoms with van der Waals surface area (Å²) in [5.41, 5.74) is 2.13. The quantitative estimate of drug-likeness (QED) is 0.487. The number of halogens is 1. The number of carbonyl (C=O) groups excluding carboxylic acids is 2. The number of carbonyl (C=O) groups is 2. The molecule has 1 N–H and O–H groups in total. The Labute approximate surface area is 191 Å². The van der Waals surface area contributed by atoms with Crippen LogP contribution >= 0.6 is 11.6 Å². The van der Waals surface area contributed by atoms with Gasteiger partial charge in [0.15, 0.2) is 6.61 Å². The number of nitrogens with one attached hydrogen (secondary N) is 1. The zero-order valence-corrected chi connectivity index (χ0v) is 18.2. The zero-order chi connectivity index (χ0) is 22.3. The number of hydrogen-bond donors (Lipinski definition) is 1. The predicted molar refractivity (Wildman–Crippen MR) is 124 cm³/mol. The van der Waals surface area contributed by atoms with Gasteiger partial charge in [0.25, 0.3) is 5.91 Å². The van der Waals surface area contributed by atoms with Gasteiger partial charge in [0.2, 0.25) is 5.91 Å². The number of amides is 2. The van der Waals surface area contributed by atoms with Crippen molar-refractivity contribution in [1.29, 1.82) is 0 Å².